The molecule has 5 heteroatoms. The van der Waals surface area contributed by atoms with Gasteiger partial charge in [-0.25, -0.2) is 4.79 Å². The zero-order valence-electron chi connectivity index (χ0n) is 19.7. The number of rotatable bonds is 3. The largest absolute Gasteiger partial charge is 0.508 e. The molecule has 3 aliphatic rings. The van der Waals surface area contributed by atoms with E-state index in [2.05, 4.69) is 38.1 Å². The van der Waals surface area contributed by atoms with Gasteiger partial charge in [0.05, 0.1) is 5.56 Å². The highest BCUT2D eigenvalue weighted by Crippen LogP contribution is 2.42. The number of hydrogen-bond acceptors (Lipinski definition) is 3. The Balaban J connectivity index is 0.000000486. The molecular formula is C29H31ClO3S. The van der Waals surface area contributed by atoms with E-state index in [9.17, 15) is 15.0 Å². The van der Waals surface area contributed by atoms with Crippen LogP contribution in [0.25, 0.3) is 5.57 Å². The molecule has 1 aliphatic heterocycles. The van der Waals surface area contributed by atoms with Crippen LogP contribution in [0.4, 0.5) is 0 Å². The lowest BCUT2D eigenvalue weighted by molar-refractivity contribution is 0.0696. The SMILES string of the molecule is CC1CSC1.Cc1ccc(C2=C(C3=C(O)C=C(Cl)CC3)CCCc3cc(C(=O)O)ccc32)cc1. The summed E-state index contributed by atoms with van der Waals surface area (Å²) in [6.45, 7) is 4.35. The molecule has 0 aromatic heterocycles. The normalized spacial score (nSPS) is 18.3. The van der Waals surface area contributed by atoms with Crippen molar-refractivity contribution < 1.29 is 15.0 Å². The zero-order valence-corrected chi connectivity index (χ0v) is 21.3. The third kappa shape index (κ3) is 5.61. The van der Waals surface area contributed by atoms with Gasteiger partial charge in [-0.2, -0.15) is 11.8 Å². The Bertz CT molecular complexity index is 1170. The van der Waals surface area contributed by atoms with E-state index in [1.54, 1.807) is 18.2 Å². The second kappa shape index (κ2) is 10.9. The Hall–Kier alpha value is -2.43. The molecule has 0 radical (unpaired) electrons. The summed E-state index contributed by atoms with van der Waals surface area (Å²) < 4.78 is 0. The summed E-state index contributed by atoms with van der Waals surface area (Å²) >= 11 is 8.19. The molecule has 178 valence electrons. The van der Waals surface area contributed by atoms with Gasteiger partial charge in [0.25, 0.3) is 0 Å². The van der Waals surface area contributed by atoms with Gasteiger partial charge < -0.3 is 10.2 Å². The average Bonchev–Trinajstić information content (AvgIpc) is 2.98. The monoisotopic (exact) mass is 494 g/mol. The third-order valence-electron chi connectivity index (χ3n) is 6.52. The summed E-state index contributed by atoms with van der Waals surface area (Å²) in [5, 5.41) is 20.7. The predicted octanol–water partition coefficient (Wildman–Crippen LogP) is 7.93. The van der Waals surface area contributed by atoms with E-state index in [4.69, 9.17) is 11.6 Å². The maximum Gasteiger partial charge on any atom is 0.335 e. The number of allylic oxidation sites excluding steroid dienone is 4. The molecule has 34 heavy (non-hydrogen) atoms. The number of benzene rings is 2. The van der Waals surface area contributed by atoms with Crippen molar-refractivity contribution in [2.24, 2.45) is 5.92 Å². The average molecular weight is 495 g/mol. The summed E-state index contributed by atoms with van der Waals surface area (Å²) in [6, 6.07) is 13.8. The van der Waals surface area contributed by atoms with Gasteiger partial charge in [0, 0.05) is 5.03 Å². The lowest BCUT2D eigenvalue weighted by atomic mass is 9.84. The van der Waals surface area contributed by atoms with Crippen LogP contribution in [0.15, 0.2) is 70.5 Å². The predicted molar refractivity (Wildman–Crippen MR) is 143 cm³/mol. The van der Waals surface area contributed by atoms with Crippen LogP contribution in [0.5, 0.6) is 0 Å². The highest BCUT2D eigenvalue weighted by atomic mass is 35.5. The minimum Gasteiger partial charge on any atom is -0.508 e. The minimum atomic E-state index is -0.912. The first-order valence-electron chi connectivity index (χ1n) is 11.9. The number of aliphatic hydroxyl groups is 1. The van der Waals surface area contributed by atoms with Crippen LogP contribution in [0.1, 0.15) is 65.2 Å². The van der Waals surface area contributed by atoms with E-state index >= 15 is 0 Å². The van der Waals surface area contributed by atoms with Gasteiger partial charge in [-0.05, 0) is 108 Å². The molecule has 0 atom stereocenters. The van der Waals surface area contributed by atoms with E-state index in [1.165, 1.54) is 17.1 Å². The van der Waals surface area contributed by atoms with Crippen molar-refractivity contribution in [2.75, 3.05) is 11.5 Å². The molecule has 2 aromatic carbocycles. The number of hydrogen-bond donors (Lipinski definition) is 2. The molecule has 1 saturated heterocycles. The van der Waals surface area contributed by atoms with Crippen LogP contribution in [0.3, 0.4) is 0 Å². The van der Waals surface area contributed by atoms with Crippen molar-refractivity contribution in [3.63, 3.8) is 0 Å². The van der Waals surface area contributed by atoms with Gasteiger partial charge in [0.2, 0.25) is 0 Å². The molecule has 5 rings (SSSR count). The number of aryl methyl sites for hydroxylation is 2. The smallest absolute Gasteiger partial charge is 0.335 e. The standard InChI is InChI=1S/C25H23ClO3.C4H8S/c1-15-5-7-16(8-6-15)24-20-11-9-18(25(28)29)13-17(20)3-2-4-22(24)21-12-10-19(26)14-23(21)27;1-4-2-5-3-4/h5-9,11,13-14,27H,2-4,10,12H2,1H3,(H,28,29);4H,2-3H2,1H3. The molecule has 0 unspecified atom stereocenters. The van der Waals surface area contributed by atoms with E-state index in [0.29, 0.717) is 17.0 Å². The van der Waals surface area contributed by atoms with Gasteiger partial charge in [-0.15, -0.1) is 0 Å². The highest BCUT2D eigenvalue weighted by Gasteiger charge is 2.25. The number of thioether (sulfide) groups is 1. The fourth-order valence-electron chi connectivity index (χ4n) is 4.61. The molecule has 1 heterocycles. The summed E-state index contributed by atoms with van der Waals surface area (Å²) in [7, 11) is 0. The number of carbonyl (C=O) groups is 1. The van der Waals surface area contributed by atoms with Crippen molar-refractivity contribution >= 4 is 34.9 Å². The summed E-state index contributed by atoms with van der Waals surface area (Å²) in [4.78, 5) is 11.5. The van der Waals surface area contributed by atoms with Gasteiger partial charge in [-0.1, -0.05) is 54.4 Å². The van der Waals surface area contributed by atoms with Crippen LogP contribution in [0.2, 0.25) is 0 Å². The van der Waals surface area contributed by atoms with Crippen LogP contribution in [-0.2, 0) is 6.42 Å². The van der Waals surface area contributed by atoms with Crippen molar-refractivity contribution in [2.45, 2.75) is 46.0 Å². The molecule has 0 saturated carbocycles. The number of halogens is 1. The second-order valence-corrected chi connectivity index (χ2v) is 10.9. The van der Waals surface area contributed by atoms with Gasteiger partial charge in [-0.3, -0.25) is 0 Å². The van der Waals surface area contributed by atoms with Crippen LogP contribution in [0, 0.1) is 12.8 Å². The van der Waals surface area contributed by atoms with Crippen LogP contribution < -0.4 is 0 Å². The number of fused-ring (bicyclic) bond motifs is 1. The second-order valence-electron chi connectivity index (χ2n) is 9.35. The fraction of sp³-hybridized carbons (Fsp3) is 0.345. The molecule has 0 amide bonds. The van der Waals surface area contributed by atoms with Gasteiger partial charge >= 0.3 is 5.97 Å². The molecule has 2 N–H and O–H groups in total. The number of carboxylic acids is 1. The molecule has 1 fully saturated rings. The van der Waals surface area contributed by atoms with E-state index in [-0.39, 0.29) is 5.76 Å². The lowest BCUT2D eigenvalue weighted by Gasteiger charge is -2.21. The Kier molecular flexibility index (Phi) is 7.90. The van der Waals surface area contributed by atoms with E-state index in [0.717, 1.165) is 65.0 Å². The fourth-order valence-corrected chi connectivity index (χ4v) is 5.52. The van der Waals surface area contributed by atoms with Crippen LogP contribution in [-0.4, -0.2) is 27.7 Å². The third-order valence-corrected chi connectivity index (χ3v) is 8.43. The Morgan fingerprint density at radius 2 is 1.71 bits per heavy atom. The first kappa shape index (κ1) is 24.7. The van der Waals surface area contributed by atoms with Gasteiger partial charge in [0.15, 0.2) is 0 Å². The first-order valence-corrected chi connectivity index (χ1v) is 13.4. The van der Waals surface area contributed by atoms with E-state index in [1.807, 2.05) is 17.8 Å². The molecular weight excluding hydrogens is 464 g/mol. The first-order chi connectivity index (χ1) is 16.3. The van der Waals surface area contributed by atoms with Crippen molar-refractivity contribution in [1.82, 2.24) is 0 Å². The van der Waals surface area contributed by atoms with Crippen molar-refractivity contribution in [3.05, 3.63) is 98.3 Å². The maximum absolute atomic E-state index is 11.5. The quantitative estimate of drug-likeness (QED) is 0.454. The van der Waals surface area contributed by atoms with E-state index < -0.39 is 5.97 Å². The summed E-state index contributed by atoms with van der Waals surface area (Å²) in [6.07, 6.45) is 5.60. The number of carboxylic acid groups (broad SMARTS) is 1. The molecule has 3 nitrogen and oxygen atoms in total. The summed E-state index contributed by atoms with van der Waals surface area (Å²) in [5.41, 5.74) is 7.83. The van der Waals surface area contributed by atoms with Gasteiger partial charge in [0.1, 0.15) is 5.76 Å². The molecule has 0 spiro atoms. The van der Waals surface area contributed by atoms with Crippen molar-refractivity contribution in [3.8, 4) is 0 Å². The Morgan fingerprint density at radius 1 is 1.00 bits per heavy atom. The zero-order chi connectivity index (χ0) is 24.2. The maximum atomic E-state index is 11.5. The summed E-state index contributed by atoms with van der Waals surface area (Å²) in [5.74, 6) is 3.16. The highest BCUT2D eigenvalue weighted by molar-refractivity contribution is 8.00. The lowest BCUT2D eigenvalue weighted by Crippen LogP contribution is -2.12. The molecule has 2 aromatic rings. The van der Waals surface area contributed by atoms with Crippen LogP contribution >= 0.6 is 23.4 Å². The topological polar surface area (TPSA) is 57.5 Å². The van der Waals surface area contributed by atoms with Crippen molar-refractivity contribution in [1.29, 1.82) is 0 Å². The molecule has 2 aliphatic carbocycles. The number of aliphatic hydroxyl groups excluding tert-OH is 1. The Morgan fingerprint density at radius 3 is 2.29 bits per heavy atom. The minimum absolute atomic E-state index is 0.242. The number of aromatic carboxylic acids is 1. The molecule has 0 bridgehead atoms. The Labute approximate surface area is 211 Å².